The Bertz CT molecular complexity index is 271. The number of nitrogens with one attached hydrogen (secondary N) is 4. The molecule has 27 heavy (non-hydrogen) atoms. The third-order valence-electron chi connectivity index (χ3n) is 6.88. The molecule has 4 rings (SSSR count). The zero-order valence-electron chi connectivity index (χ0n) is 18.3. The summed E-state index contributed by atoms with van der Waals surface area (Å²) in [6.07, 6.45) is 17.6. The third kappa shape index (κ3) is 9.40. The summed E-state index contributed by atoms with van der Waals surface area (Å²) in [5, 5.41) is 7.24. The Balaban J connectivity index is 0.000000149. The molecule has 4 atom stereocenters. The Morgan fingerprint density at radius 2 is 1.04 bits per heavy atom. The smallest absolute Gasteiger partial charge is 0.167 e. The van der Waals surface area contributed by atoms with Crippen molar-refractivity contribution in [2.45, 2.75) is 103 Å². The van der Waals surface area contributed by atoms with Gasteiger partial charge in [0.2, 0.25) is 0 Å². The Kier molecular flexibility index (Phi) is 12.9. The number of piperidine rings is 2. The molecule has 0 bridgehead atoms. The van der Waals surface area contributed by atoms with Crippen molar-refractivity contribution in [2.75, 3.05) is 26.2 Å². The molecule has 2 aliphatic carbocycles. The van der Waals surface area contributed by atoms with Crippen molar-refractivity contribution in [3.8, 4) is 0 Å². The summed E-state index contributed by atoms with van der Waals surface area (Å²) in [7, 11) is -0.0887. The lowest BCUT2D eigenvalue weighted by atomic mass is 9.80. The summed E-state index contributed by atoms with van der Waals surface area (Å²) in [4.78, 5) is 6.55. The van der Waals surface area contributed by atoms with Gasteiger partial charge < -0.3 is 20.6 Å². The van der Waals surface area contributed by atoms with Gasteiger partial charge in [0.05, 0.1) is 0 Å². The Morgan fingerprint density at radius 3 is 1.44 bits per heavy atom. The maximum absolute atomic E-state index is 3.62. The molecule has 4 N–H and O–H groups in total. The molecular weight excluding hydrogens is 348 g/mol. The van der Waals surface area contributed by atoms with E-state index in [2.05, 4.69) is 34.4 Å². The fraction of sp³-hybridized carbons (Fsp3) is 1.00. The normalized spacial score (nSPS) is 32.7. The average molecular weight is 397 g/mol. The largest absolute Gasteiger partial charge is 0.331 e. The first-order valence-electron chi connectivity index (χ1n) is 12.2. The first kappa shape index (κ1) is 23.3. The molecule has 2 heterocycles. The van der Waals surface area contributed by atoms with E-state index >= 15 is 0 Å². The Morgan fingerprint density at radius 1 is 0.630 bits per heavy atom. The second kappa shape index (κ2) is 15.0. The zero-order chi connectivity index (χ0) is 19.2. The summed E-state index contributed by atoms with van der Waals surface area (Å²) < 4.78 is 0. The van der Waals surface area contributed by atoms with Crippen molar-refractivity contribution in [3.63, 3.8) is 0 Å². The lowest BCUT2D eigenvalue weighted by Crippen LogP contribution is -2.42. The van der Waals surface area contributed by atoms with E-state index in [1.807, 2.05) is 0 Å². The second-order valence-corrected chi connectivity index (χ2v) is 10.2. The van der Waals surface area contributed by atoms with Gasteiger partial charge in [-0.3, -0.25) is 0 Å². The minimum absolute atomic E-state index is 0.0887. The summed E-state index contributed by atoms with van der Waals surface area (Å²) in [6, 6.07) is 1.81. The van der Waals surface area contributed by atoms with Gasteiger partial charge >= 0.3 is 0 Å². The molecule has 2 saturated carbocycles. The lowest BCUT2D eigenvalue weighted by Gasteiger charge is -2.36. The van der Waals surface area contributed by atoms with Crippen LogP contribution in [0.3, 0.4) is 0 Å². The van der Waals surface area contributed by atoms with E-state index in [0.29, 0.717) is 0 Å². The van der Waals surface area contributed by atoms with Crippen molar-refractivity contribution in [1.82, 2.24) is 20.6 Å². The van der Waals surface area contributed by atoms with Crippen LogP contribution in [0, 0.1) is 11.8 Å². The first-order valence-corrected chi connectivity index (χ1v) is 13.6. The standard InChI is InChI=1S/2C9H17N.C4H14N2Si/c2*1-2-6-9-8(4-1)5-3-7-10-9;1-3-5-7-6-4-2/h2*8-10H,1-7H2;5-6H,3-4,7H2,1-2H3. The molecule has 5 heteroatoms. The van der Waals surface area contributed by atoms with Gasteiger partial charge in [-0.05, 0) is 89.4 Å². The highest BCUT2D eigenvalue weighted by Gasteiger charge is 2.27. The van der Waals surface area contributed by atoms with Gasteiger partial charge in [-0.2, -0.15) is 0 Å². The van der Waals surface area contributed by atoms with Crippen LogP contribution in [0.1, 0.15) is 90.9 Å². The molecule has 0 radical (unpaired) electrons. The molecular formula is C22H48N4Si. The molecule has 4 aliphatic rings. The number of rotatable bonds is 4. The highest BCUT2D eigenvalue weighted by Crippen LogP contribution is 2.30. The highest BCUT2D eigenvalue weighted by atomic mass is 28.2. The van der Waals surface area contributed by atoms with Crippen LogP contribution >= 0.6 is 0 Å². The highest BCUT2D eigenvalue weighted by molar-refractivity contribution is 6.28. The Labute approximate surface area is 171 Å². The second-order valence-electron chi connectivity index (χ2n) is 8.88. The van der Waals surface area contributed by atoms with Crippen LogP contribution in [0.2, 0.25) is 0 Å². The molecule has 160 valence electrons. The van der Waals surface area contributed by atoms with Crippen molar-refractivity contribution in [2.24, 2.45) is 11.8 Å². The van der Waals surface area contributed by atoms with Gasteiger partial charge in [0.15, 0.2) is 9.84 Å². The van der Waals surface area contributed by atoms with E-state index in [4.69, 9.17) is 0 Å². The number of fused-ring (bicyclic) bond motifs is 2. The molecule has 4 fully saturated rings. The van der Waals surface area contributed by atoms with E-state index in [1.165, 1.54) is 90.1 Å². The molecule has 2 saturated heterocycles. The summed E-state index contributed by atoms with van der Waals surface area (Å²) in [5.74, 6) is 2.09. The number of hydrogen-bond acceptors (Lipinski definition) is 4. The minimum Gasteiger partial charge on any atom is -0.331 e. The van der Waals surface area contributed by atoms with Crippen LogP contribution in [0.5, 0.6) is 0 Å². The first-order chi connectivity index (χ1) is 13.3. The van der Waals surface area contributed by atoms with E-state index < -0.39 is 0 Å². The SMILES string of the molecule is C1CCC2NCCCC2C1.C1CCC2NCCCC2C1.CCN[SiH2]NCC. The molecule has 0 spiro atoms. The van der Waals surface area contributed by atoms with Crippen LogP contribution in [0.25, 0.3) is 0 Å². The van der Waals surface area contributed by atoms with E-state index in [-0.39, 0.29) is 9.84 Å². The van der Waals surface area contributed by atoms with Crippen LogP contribution < -0.4 is 20.6 Å². The predicted molar refractivity (Wildman–Crippen MR) is 122 cm³/mol. The molecule has 4 nitrogen and oxygen atoms in total. The van der Waals surface area contributed by atoms with Gasteiger partial charge in [-0.15, -0.1) is 0 Å². The Hall–Kier alpha value is 0.0569. The maximum Gasteiger partial charge on any atom is 0.167 e. The molecule has 4 unspecified atom stereocenters. The van der Waals surface area contributed by atoms with Crippen LogP contribution in [-0.2, 0) is 0 Å². The van der Waals surface area contributed by atoms with E-state index in [0.717, 1.165) is 37.0 Å². The van der Waals surface area contributed by atoms with Crippen LogP contribution in [0.15, 0.2) is 0 Å². The minimum atomic E-state index is -0.0887. The maximum atomic E-state index is 3.62. The summed E-state index contributed by atoms with van der Waals surface area (Å²) in [6.45, 7) is 9.04. The average Bonchev–Trinajstić information content (AvgIpc) is 2.75. The zero-order valence-corrected chi connectivity index (χ0v) is 19.7. The van der Waals surface area contributed by atoms with Crippen LogP contribution in [-0.4, -0.2) is 48.1 Å². The lowest BCUT2D eigenvalue weighted by molar-refractivity contribution is 0.212. The van der Waals surface area contributed by atoms with Gasteiger partial charge in [0.25, 0.3) is 0 Å². The summed E-state index contributed by atoms with van der Waals surface area (Å²) >= 11 is 0. The topological polar surface area (TPSA) is 48.1 Å². The monoisotopic (exact) mass is 396 g/mol. The van der Waals surface area contributed by atoms with Gasteiger partial charge in [0, 0.05) is 12.1 Å². The molecule has 0 aromatic heterocycles. The molecule has 2 aliphatic heterocycles. The van der Waals surface area contributed by atoms with E-state index in [1.54, 1.807) is 0 Å². The van der Waals surface area contributed by atoms with Crippen molar-refractivity contribution in [1.29, 1.82) is 0 Å². The van der Waals surface area contributed by atoms with Crippen LogP contribution in [0.4, 0.5) is 0 Å². The van der Waals surface area contributed by atoms with Crippen molar-refractivity contribution >= 4 is 9.84 Å². The fourth-order valence-electron chi connectivity index (χ4n) is 5.29. The van der Waals surface area contributed by atoms with Crippen molar-refractivity contribution in [3.05, 3.63) is 0 Å². The quantitative estimate of drug-likeness (QED) is 0.436. The predicted octanol–water partition coefficient (Wildman–Crippen LogP) is 3.06. The van der Waals surface area contributed by atoms with E-state index in [9.17, 15) is 0 Å². The molecule has 0 aromatic rings. The van der Waals surface area contributed by atoms with Gasteiger partial charge in [-0.25, -0.2) is 0 Å². The molecule has 0 amide bonds. The molecule has 0 aromatic carbocycles. The third-order valence-corrected chi connectivity index (χ3v) is 8.38. The van der Waals surface area contributed by atoms with Gasteiger partial charge in [-0.1, -0.05) is 39.5 Å². The van der Waals surface area contributed by atoms with Gasteiger partial charge in [0.1, 0.15) is 0 Å². The fourth-order valence-corrected chi connectivity index (χ4v) is 5.96. The number of hydrogen-bond donors (Lipinski definition) is 4. The summed E-state index contributed by atoms with van der Waals surface area (Å²) in [5.41, 5.74) is 0. The van der Waals surface area contributed by atoms with Crippen molar-refractivity contribution < 1.29 is 0 Å².